The molecule has 110 valence electrons. The summed E-state index contributed by atoms with van der Waals surface area (Å²) in [5, 5.41) is 14.2. The van der Waals surface area contributed by atoms with Gasteiger partial charge in [0, 0.05) is 16.8 Å². The Bertz CT molecular complexity index is 839. The number of furan rings is 1. The van der Waals surface area contributed by atoms with Crippen LogP contribution in [0, 0.1) is 0 Å². The molecule has 3 rings (SSSR count). The Kier molecular flexibility index (Phi) is 3.71. The number of amides is 1. The van der Waals surface area contributed by atoms with Gasteiger partial charge in [-0.1, -0.05) is 35.4 Å². The monoisotopic (exact) mass is 315 g/mol. The molecule has 0 aliphatic rings. The Morgan fingerprint density at radius 2 is 2.23 bits per heavy atom. The molecular formula is C14H10ClN5O2. The molecule has 3 aromatic rings. The van der Waals surface area contributed by atoms with Crippen LogP contribution < -0.4 is 5.32 Å². The molecule has 0 spiro atoms. The van der Waals surface area contributed by atoms with Crippen LogP contribution in [0.25, 0.3) is 17.5 Å². The van der Waals surface area contributed by atoms with Gasteiger partial charge in [0.2, 0.25) is 0 Å². The van der Waals surface area contributed by atoms with Crippen LogP contribution in [0.2, 0.25) is 5.02 Å². The number of carbonyl (C=O) groups is 1. The normalized spacial score (nSPS) is 10.4. The highest BCUT2D eigenvalue weighted by Crippen LogP contribution is 2.25. The third kappa shape index (κ3) is 2.89. The SMILES string of the molecule is C=Cn1nnc(NC(=O)c2ccc(-c3cccc(Cl)c3)o2)n1. The van der Waals surface area contributed by atoms with E-state index in [0.717, 1.165) is 10.4 Å². The Hall–Kier alpha value is -2.93. The van der Waals surface area contributed by atoms with Gasteiger partial charge < -0.3 is 4.42 Å². The predicted molar refractivity (Wildman–Crippen MR) is 81.3 cm³/mol. The first-order valence-electron chi connectivity index (χ1n) is 6.25. The van der Waals surface area contributed by atoms with E-state index in [1.165, 1.54) is 6.20 Å². The van der Waals surface area contributed by atoms with Gasteiger partial charge >= 0.3 is 0 Å². The predicted octanol–water partition coefficient (Wildman–Crippen LogP) is 2.94. The number of nitrogens with one attached hydrogen (secondary N) is 1. The van der Waals surface area contributed by atoms with Crippen molar-refractivity contribution in [2.24, 2.45) is 0 Å². The van der Waals surface area contributed by atoms with Gasteiger partial charge in [-0.15, -0.1) is 9.90 Å². The number of rotatable bonds is 4. The number of aromatic nitrogens is 4. The second-order valence-electron chi connectivity index (χ2n) is 4.24. The van der Waals surface area contributed by atoms with Crippen molar-refractivity contribution >= 4 is 29.7 Å². The minimum atomic E-state index is -0.475. The second-order valence-corrected chi connectivity index (χ2v) is 4.68. The van der Waals surface area contributed by atoms with Gasteiger partial charge in [0.15, 0.2) is 5.76 Å². The van der Waals surface area contributed by atoms with Gasteiger partial charge in [0.1, 0.15) is 5.76 Å². The molecule has 22 heavy (non-hydrogen) atoms. The molecule has 0 bridgehead atoms. The van der Waals surface area contributed by atoms with Crippen LogP contribution >= 0.6 is 11.6 Å². The standard InChI is InChI=1S/C14H10ClN5O2/c1-2-20-18-14(17-19-20)16-13(21)12-7-6-11(22-12)9-4-3-5-10(15)8-9/h2-8H,1H2,(H,16,18,21). The topological polar surface area (TPSA) is 85.8 Å². The number of halogens is 1. The highest BCUT2D eigenvalue weighted by Gasteiger charge is 2.14. The Labute approximate surface area is 130 Å². The summed E-state index contributed by atoms with van der Waals surface area (Å²) in [6.07, 6.45) is 1.35. The van der Waals surface area contributed by atoms with Crippen LogP contribution in [0.1, 0.15) is 10.6 Å². The van der Waals surface area contributed by atoms with Crippen molar-refractivity contribution in [1.82, 2.24) is 20.2 Å². The fraction of sp³-hybridized carbons (Fsp3) is 0. The fourth-order valence-electron chi connectivity index (χ4n) is 1.77. The quantitative estimate of drug-likeness (QED) is 0.800. The molecule has 0 radical (unpaired) electrons. The Morgan fingerprint density at radius 1 is 1.36 bits per heavy atom. The van der Waals surface area contributed by atoms with Gasteiger partial charge in [0.05, 0.1) is 0 Å². The summed E-state index contributed by atoms with van der Waals surface area (Å²) >= 11 is 5.93. The number of hydrogen-bond donors (Lipinski definition) is 1. The third-order valence-corrected chi connectivity index (χ3v) is 2.99. The van der Waals surface area contributed by atoms with Crippen molar-refractivity contribution in [3.63, 3.8) is 0 Å². The summed E-state index contributed by atoms with van der Waals surface area (Å²) in [4.78, 5) is 13.2. The molecule has 8 heteroatoms. The fourth-order valence-corrected chi connectivity index (χ4v) is 1.96. The highest BCUT2D eigenvalue weighted by atomic mass is 35.5. The molecule has 7 nitrogen and oxygen atoms in total. The number of anilines is 1. The van der Waals surface area contributed by atoms with Crippen molar-refractivity contribution < 1.29 is 9.21 Å². The van der Waals surface area contributed by atoms with Gasteiger partial charge in [-0.25, -0.2) is 0 Å². The summed E-state index contributed by atoms with van der Waals surface area (Å²) in [6.45, 7) is 3.48. The van der Waals surface area contributed by atoms with E-state index in [0.29, 0.717) is 10.8 Å². The maximum Gasteiger partial charge on any atom is 0.293 e. The molecule has 0 unspecified atom stereocenters. The molecule has 0 fully saturated rings. The minimum absolute atomic E-state index is 0.0607. The van der Waals surface area contributed by atoms with Crippen molar-refractivity contribution in [3.8, 4) is 11.3 Å². The summed E-state index contributed by atoms with van der Waals surface area (Å²) in [5.74, 6) is 0.253. The molecule has 1 aromatic carbocycles. The van der Waals surface area contributed by atoms with E-state index in [1.807, 2.05) is 6.07 Å². The van der Waals surface area contributed by atoms with Gasteiger partial charge in [-0.3, -0.25) is 10.1 Å². The zero-order valence-electron chi connectivity index (χ0n) is 11.2. The number of carbonyl (C=O) groups excluding carboxylic acids is 1. The molecule has 0 saturated heterocycles. The van der Waals surface area contributed by atoms with Crippen LogP contribution in [0.3, 0.4) is 0 Å². The Balaban J connectivity index is 1.78. The zero-order chi connectivity index (χ0) is 15.5. The molecule has 0 atom stereocenters. The van der Waals surface area contributed by atoms with E-state index in [-0.39, 0.29) is 11.7 Å². The van der Waals surface area contributed by atoms with E-state index >= 15 is 0 Å². The molecule has 2 aromatic heterocycles. The van der Waals surface area contributed by atoms with Crippen LogP contribution in [0.5, 0.6) is 0 Å². The first-order chi connectivity index (χ1) is 10.7. The number of tetrazole rings is 1. The number of hydrogen-bond acceptors (Lipinski definition) is 5. The van der Waals surface area contributed by atoms with E-state index in [2.05, 4.69) is 27.3 Å². The van der Waals surface area contributed by atoms with E-state index in [9.17, 15) is 4.79 Å². The highest BCUT2D eigenvalue weighted by molar-refractivity contribution is 6.30. The number of benzene rings is 1. The van der Waals surface area contributed by atoms with Crippen molar-refractivity contribution in [2.45, 2.75) is 0 Å². The van der Waals surface area contributed by atoms with E-state index in [4.69, 9.17) is 16.0 Å². The van der Waals surface area contributed by atoms with Crippen LogP contribution in [0.4, 0.5) is 5.95 Å². The molecule has 2 heterocycles. The first-order valence-corrected chi connectivity index (χ1v) is 6.63. The average molecular weight is 316 g/mol. The van der Waals surface area contributed by atoms with Crippen molar-refractivity contribution in [3.05, 3.63) is 53.8 Å². The van der Waals surface area contributed by atoms with Crippen LogP contribution in [-0.4, -0.2) is 26.1 Å². The lowest BCUT2D eigenvalue weighted by molar-refractivity contribution is 0.0996. The summed E-state index contributed by atoms with van der Waals surface area (Å²) < 4.78 is 5.52. The lowest BCUT2D eigenvalue weighted by Gasteiger charge is -1.98. The summed E-state index contributed by atoms with van der Waals surface area (Å²) in [7, 11) is 0. The number of nitrogens with zero attached hydrogens (tertiary/aromatic N) is 4. The minimum Gasteiger partial charge on any atom is -0.451 e. The first kappa shape index (κ1) is 14.0. The second kappa shape index (κ2) is 5.82. The van der Waals surface area contributed by atoms with E-state index in [1.54, 1.807) is 30.3 Å². The van der Waals surface area contributed by atoms with Gasteiger partial charge in [-0.2, -0.15) is 0 Å². The smallest absolute Gasteiger partial charge is 0.293 e. The third-order valence-electron chi connectivity index (χ3n) is 2.76. The Morgan fingerprint density at radius 3 is 2.95 bits per heavy atom. The lowest BCUT2D eigenvalue weighted by atomic mass is 10.2. The van der Waals surface area contributed by atoms with Gasteiger partial charge in [0.25, 0.3) is 11.9 Å². The molecular weight excluding hydrogens is 306 g/mol. The molecule has 1 N–H and O–H groups in total. The molecule has 0 aliphatic heterocycles. The molecule has 0 saturated carbocycles. The largest absolute Gasteiger partial charge is 0.451 e. The maximum absolute atomic E-state index is 12.0. The molecule has 1 amide bonds. The zero-order valence-corrected chi connectivity index (χ0v) is 12.0. The lowest BCUT2D eigenvalue weighted by Crippen LogP contribution is -2.12. The van der Waals surface area contributed by atoms with Crippen LogP contribution in [-0.2, 0) is 0 Å². The maximum atomic E-state index is 12.0. The van der Waals surface area contributed by atoms with Gasteiger partial charge in [-0.05, 0) is 29.5 Å². The van der Waals surface area contributed by atoms with Crippen molar-refractivity contribution in [1.29, 1.82) is 0 Å². The van der Waals surface area contributed by atoms with Crippen LogP contribution in [0.15, 0.2) is 47.4 Å². The average Bonchev–Trinajstić information content (AvgIpc) is 3.16. The van der Waals surface area contributed by atoms with E-state index < -0.39 is 5.91 Å². The summed E-state index contributed by atoms with van der Waals surface area (Å²) in [5.41, 5.74) is 0.780. The summed E-state index contributed by atoms with van der Waals surface area (Å²) in [6, 6.07) is 10.4. The van der Waals surface area contributed by atoms with Crippen molar-refractivity contribution in [2.75, 3.05) is 5.32 Å². The molecule has 0 aliphatic carbocycles.